The van der Waals surface area contributed by atoms with Crippen LogP contribution in [0, 0.1) is 19.8 Å². The first kappa shape index (κ1) is 21.8. The Labute approximate surface area is 176 Å². The molecular weight excluding hydrogens is 384 g/mol. The quantitative estimate of drug-likeness (QED) is 0.621. The summed E-state index contributed by atoms with van der Waals surface area (Å²) in [6.45, 7) is 5.29. The van der Waals surface area contributed by atoms with Crippen LogP contribution in [0.2, 0.25) is 0 Å². The number of nitrogens with one attached hydrogen (secondary N) is 3. The number of hydrogen-bond donors (Lipinski definition) is 3. The molecule has 0 aromatic heterocycles. The number of benzene rings is 1. The van der Waals surface area contributed by atoms with Crippen LogP contribution in [0.15, 0.2) is 18.2 Å². The minimum absolute atomic E-state index is 0.237. The van der Waals surface area contributed by atoms with Crippen LogP contribution in [0.25, 0.3) is 0 Å². The molecule has 162 valence electrons. The Kier molecular flexibility index (Phi) is 6.43. The predicted molar refractivity (Wildman–Crippen MR) is 113 cm³/mol. The Bertz CT molecular complexity index is 838. The summed E-state index contributed by atoms with van der Waals surface area (Å²) in [7, 11) is 0. The number of hydrogen-bond acceptors (Lipinski definition) is 4. The normalized spacial score (nSPS) is 23.4. The number of anilines is 1. The Morgan fingerprint density at radius 3 is 2.37 bits per heavy atom. The van der Waals surface area contributed by atoms with Gasteiger partial charge in [-0.1, -0.05) is 31.5 Å². The Morgan fingerprint density at radius 2 is 1.77 bits per heavy atom. The fraction of sp³-hybridized carbons (Fsp3) is 0.545. The summed E-state index contributed by atoms with van der Waals surface area (Å²) in [4.78, 5) is 50.6. The average molecular weight is 415 g/mol. The van der Waals surface area contributed by atoms with Crippen molar-refractivity contribution in [3.8, 4) is 0 Å². The lowest BCUT2D eigenvalue weighted by Gasteiger charge is -2.34. The molecule has 3 rings (SSSR count). The van der Waals surface area contributed by atoms with Crippen molar-refractivity contribution >= 4 is 29.4 Å². The van der Waals surface area contributed by atoms with Crippen LogP contribution in [-0.2, 0) is 14.4 Å². The summed E-state index contributed by atoms with van der Waals surface area (Å²) in [6.07, 6.45) is 4.05. The van der Waals surface area contributed by atoms with Gasteiger partial charge in [-0.2, -0.15) is 0 Å². The molecule has 1 aromatic rings. The summed E-state index contributed by atoms with van der Waals surface area (Å²) >= 11 is 0. The van der Waals surface area contributed by atoms with Gasteiger partial charge in [0.25, 0.3) is 5.91 Å². The fourth-order valence-corrected chi connectivity index (χ4v) is 4.31. The van der Waals surface area contributed by atoms with Crippen molar-refractivity contribution in [2.24, 2.45) is 5.92 Å². The number of amides is 5. The molecule has 5 amide bonds. The van der Waals surface area contributed by atoms with E-state index in [4.69, 9.17) is 0 Å². The van der Waals surface area contributed by atoms with Gasteiger partial charge < -0.3 is 16.0 Å². The smallest absolute Gasteiger partial charge is 0.325 e. The summed E-state index contributed by atoms with van der Waals surface area (Å²) in [6, 6.07) is 5.15. The predicted octanol–water partition coefficient (Wildman–Crippen LogP) is 2.25. The number of carbonyl (C=O) groups is 4. The summed E-state index contributed by atoms with van der Waals surface area (Å²) in [5, 5.41) is 8.09. The first-order valence-corrected chi connectivity index (χ1v) is 10.5. The van der Waals surface area contributed by atoms with Crippen LogP contribution < -0.4 is 16.0 Å². The summed E-state index contributed by atoms with van der Waals surface area (Å²) in [5.41, 5.74) is 1.70. The van der Waals surface area contributed by atoms with Gasteiger partial charge in [0.05, 0.1) is 6.54 Å². The molecule has 1 aromatic carbocycles. The highest BCUT2D eigenvalue weighted by Crippen LogP contribution is 2.37. The molecule has 0 radical (unpaired) electrons. The molecule has 1 aliphatic carbocycles. The van der Waals surface area contributed by atoms with Crippen molar-refractivity contribution in [1.29, 1.82) is 0 Å². The molecule has 1 saturated heterocycles. The number of carbonyl (C=O) groups excluding carboxylic acids is 4. The molecule has 0 unspecified atom stereocenters. The van der Waals surface area contributed by atoms with Crippen LogP contribution in [0.5, 0.6) is 0 Å². The molecule has 0 atom stereocenters. The second kappa shape index (κ2) is 8.85. The van der Waals surface area contributed by atoms with Crippen molar-refractivity contribution in [3.63, 3.8) is 0 Å². The molecule has 1 saturated carbocycles. The van der Waals surface area contributed by atoms with Crippen molar-refractivity contribution in [2.75, 3.05) is 18.4 Å². The number of urea groups is 1. The van der Waals surface area contributed by atoms with E-state index in [2.05, 4.69) is 22.9 Å². The molecule has 1 aliphatic heterocycles. The van der Waals surface area contributed by atoms with Gasteiger partial charge in [0.2, 0.25) is 11.8 Å². The molecule has 0 bridgehead atoms. The van der Waals surface area contributed by atoms with Gasteiger partial charge in [-0.3, -0.25) is 19.3 Å². The lowest BCUT2D eigenvalue weighted by Crippen LogP contribution is -2.50. The Hall–Kier alpha value is -2.90. The Morgan fingerprint density at radius 1 is 1.13 bits per heavy atom. The summed E-state index contributed by atoms with van der Waals surface area (Å²) in [5.74, 6) is -0.674. The number of rotatable bonds is 6. The van der Waals surface area contributed by atoms with E-state index in [0.717, 1.165) is 41.0 Å². The maximum Gasteiger partial charge on any atom is 0.325 e. The van der Waals surface area contributed by atoms with E-state index in [1.54, 1.807) is 0 Å². The number of para-hydroxylation sites is 1. The standard InChI is InChI=1S/C22H30N4O4/c1-4-16-8-10-22(11-9-16)20(29)26(21(30)25-22)13-18(28)23-12-17(27)24-19-14(2)6-5-7-15(19)3/h5-7,16H,4,8-13H2,1-3H3,(H,23,28)(H,24,27)(H,25,30). The maximum absolute atomic E-state index is 12.9. The molecule has 1 heterocycles. The van der Waals surface area contributed by atoms with Gasteiger partial charge in [-0.15, -0.1) is 0 Å². The second-order valence-electron chi connectivity index (χ2n) is 8.35. The fourth-order valence-electron chi connectivity index (χ4n) is 4.31. The van der Waals surface area contributed by atoms with Gasteiger partial charge in [-0.05, 0) is 56.6 Å². The zero-order chi connectivity index (χ0) is 21.9. The van der Waals surface area contributed by atoms with E-state index in [1.165, 1.54) is 0 Å². The van der Waals surface area contributed by atoms with Crippen LogP contribution >= 0.6 is 0 Å². The Balaban J connectivity index is 1.52. The molecule has 8 heteroatoms. The topological polar surface area (TPSA) is 108 Å². The highest BCUT2D eigenvalue weighted by molar-refractivity contribution is 6.09. The molecule has 2 aliphatic rings. The third kappa shape index (κ3) is 4.47. The van der Waals surface area contributed by atoms with E-state index < -0.39 is 17.5 Å². The molecule has 3 N–H and O–H groups in total. The zero-order valence-electron chi connectivity index (χ0n) is 17.8. The molecule has 30 heavy (non-hydrogen) atoms. The maximum atomic E-state index is 12.9. The van der Waals surface area contributed by atoms with Crippen LogP contribution in [0.1, 0.15) is 50.2 Å². The number of nitrogens with zero attached hydrogens (tertiary/aromatic N) is 1. The van der Waals surface area contributed by atoms with Crippen molar-refractivity contribution in [2.45, 2.75) is 58.4 Å². The molecular formula is C22H30N4O4. The van der Waals surface area contributed by atoms with E-state index in [0.29, 0.717) is 18.8 Å². The largest absolute Gasteiger partial charge is 0.345 e. The van der Waals surface area contributed by atoms with Crippen molar-refractivity contribution in [3.05, 3.63) is 29.3 Å². The van der Waals surface area contributed by atoms with Crippen LogP contribution in [0.3, 0.4) is 0 Å². The van der Waals surface area contributed by atoms with E-state index in [-0.39, 0.29) is 24.9 Å². The molecule has 2 fully saturated rings. The minimum atomic E-state index is -0.872. The first-order chi connectivity index (χ1) is 14.3. The number of aryl methyl sites for hydroxylation is 2. The third-order valence-electron chi connectivity index (χ3n) is 6.28. The highest BCUT2D eigenvalue weighted by atomic mass is 16.2. The zero-order valence-corrected chi connectivity index (χ0v) is 17.8. The van der Waals surface area contributed by atoms with Gasteiger partial charge in [0.1, 0.15) is 12.1 Å². The van der Waals surface area contributed by atoms with Crippen LogP contribution in [0.4, 0.5) is 10.5 Å². The van der Waals surface area contributed by atoms with Gasteiger partial charge in [0, 0.05) is 5.69 Å². The minimum Gasteiger partial charge on any atom is -0.345 e. The monoisotopic (exact) mass is 414 g/mol. The van der Waals surface area contributed by atoms with E-state index in [9.17, 15) is 19.2 Å². The van der Waals surface area contributed by atoms with Crippen molar-refractivity contribution < 1.29 is 19.2 Å². The lowest BCUT2D eigenvalue weighted by atomic mass is 9.75. The first-order valence-electron chi connectivity index (χ1n) is 10.5. The molecule has 1 spiro atoms. The molecule has 8 nitrogen and oxygen atoms in total. The van der Waals surface area contributed by atoms with Crippen molar-refractivity contribution in [1.82, 2.24) is 15.5 Å². The van der Waals surface area contributed by atoms with Gasteiger partial charge >= 0.3 is 6.03 Å². The van der Waals surface area contributed by atoms with Gasteiger partial charge in [0.15, 0.2) is 0 Å². The highest BCUT2D eigenvalue weighted by Gasteiger charge is 2.52. The average Bonchev–Trinajstić information content (AvgIpc) is 2.94. The summed E-state index contributed by atoms with van der Waals surface area (Å²) < 4.78 is 0. The van der Waals surface area contributed by atoms with Gasteiger partial charge in [-0.25, -0.2) is 4.79 Å². The van der Waals surface area contributed by atoms with E-state index >= 15 is 0 Å². The second-order valence-corrected chi connectivity index (χ2v) is 8.35. The van der Waals surface area contributed by atoms with E-state index in [1.807, 2.05) is 32.0 Å². The number of imide groups is 1. The van der Waals surface area contributed by atoms with Crippen LogP contribution in [-0.4, -0.2) is 47.3 Å². The SMILES string of the molecule is CCC1CCC2(CC1)NC(=O)N(CC(=O)NCC(=O)Nc1c(C)cccc1C)C2=O. The third-order valence-corrected chi connectivity index (χ3v) is 6.28. The lowest BCUT2D eigenvalue weighted by molar-refractivity contribution is -0.136.